The van der Waals surface area contributed by atoms with Crippen LogP contribution < -0.4 is 11.5 Å². The molecule has 4 heteroatoms. The van der Waals surface area contributed by atoms with Crippen molar-refractivity contribution >= 4 is 24.1 Å². The molecule has 15 heavy (non-hydrogen) atoms. The van der Waals surface area contributed by atoms with Crippen LogP contribution in [0.2, 0.25) is 0 Å². The Balaban J connectivity index is 0.00000112. The predicted octanol–water partition coefficient (Wildman–Crippen LogP) is 1.89. The van der Waals surface area contributed by atoms with Crippen LogP contribution in [0.25, 0.3) is 0 Å². The molecule has 0 atom stereocenters. The first-order chi connectivity index (χ1) is 6.75. The Morgan fingerprint density at radius 1 is 1.07 bits per heavy atom. The quantitative estimate of drug-likeness (QED) is 0.566. The number of nitrogens with two attached hydrogens (primary N) is 2. The van der Waals surface area contributed by atoms with E-state index >= 15 is 0 Å². The van der Waals surface area contributed by atoms with Gasteiger partial charge in [0.25, 0.3) is 0 Å². The van der Waals surface area contributed by atoms with Gasteiger partial charge in [-0.3, -0.25) is 0 Å². The first kappa shape index (κ1) is 11.9. The van der Waals surface area contributed by atoms with Crippen LogP contribution >= 0.6 is 12.4 Å². The van der Waals surface area contributed by atoms with Gasteiger partial charge in [-0.05, 0) is 48.9 Å². The van der Waals surface area contributed by atoms with E-state index < -0.39 is 0 Å². The molecule has 0 aliphatic heterocycles. The second-order valence-electron chi connectivity index (χ2n) is 3.70. The van der Waals surface area contributed by atoms with Crippen LogP contribution in [0.4, 0.5) is 5.69 Å². The molecule has 4 N–H and O–H groups in total. The number of hydrogen-bond acceptors (Lipinski definition) is 1. The summed E-state index contributed by atoms with van der Waals surface area (Å²) < 4.78 is 0. The molecule has 1 aromatic carbocycles. The molecular formula is C11H16ClN3. The molecule has 1 aliphatic carbocycles. The van der Waals surface area contributed by atoms with Crippen LogP contribution in [0.1, 0.15) is 24.0 Å². The summed E-state index contributed by atoms with van der Waals surface area (Å²) in [6, 6.07) is 6.20. The van der Waals surface area contributed by atoms with Gasteiger partial charge in [-0.2, -0.15) is 0 Å². The Kier molecular flexibility index (Phi) is 3.97. The molecule has 0 spiro atoms. The van der Waals surface area contributed by atoms with Gasteiger partial charge >= 0.3 is 0 Å². The van der Waals surface area contributed by atoms with Crippen LogP contribution in [0.15, 0.2) is 23.2 Å². The number of hydrogen-bond donors (Lipinski definition) is 2. The molecule has 1 aliphatic rings. The highest BCUT2D eigenvalue weighted by atomic mass is 35.5. The number of halogens is 1. The van der Waals surface area contributed by atoms with Crippen molar-refractivity contribution in [3.63, 3.8) is 0 Å². The summed E-state index contributed by atoms with van der Waals surface area (Å²) in [6.45, 7) is 0. The minimum absolute atomic E-state index is 0. The van der Waals surface area contributed by atoms with E-state index in [1.165, 1.54) is 30.4 Å². The van der Waals surface area contributed by atoms with Gasteiger partial charge in [-0.15, -0.1) is 12.4 Å². The highest BCUT2D eigenvalue weighted by Gasteiger charge is 2.08. The van der Waals surface area contributed by atoms with E-state index in [0.29, 0.717) is 0 Å². The molecule has 0 radical (unpaired) electrons. The number of nitrogens with zero attached hydrogens (tertiary/aromatic N) is 1. The molecule has 0 bridgehead atoms. The smallest absolute Gasteiger partial charge is 0.191 e. The fraction of sp³-hybridized carbons (Fsp3) is 0.364. The minimum atomic E-state index is 0. The Hall–Kier alpha value is -1.22. The summed E-state index contributed by atoms with van der Waals surface area (Å²) in [7, 11) is 0. The highest BCUT2D eigenvalue weighted by Crippen LogP contribution is 2.25. The highest BCUT2D eigenvalue weighted by molar-refractivity contribution is 5.85. The third-order valence-corrected chi connectivity index (χ3v) is 2.59. The maximum Gasteiger partial charge on any atom is 0.191 e. The fourth-order valence-electron chi connectivity index (χ4n) is 1.94. The van der Waals surface area contributed by atoms with Gasteiger partial charge in [0.2, 0.25) is 0 Å². The van der Waals surface area contributed by atoms with Crippen molar-refractivity contribution in [2.24, 2.45) is 16.5 Å². The minimum Gasteiger partial charge on any atom is -0.370 e. The number of rotatable bonds is 1. The molecular weight excluding hydrogens is 210 g/mol. The SMILES string of the molecule is Cl.NC(N)=Nc1ccc2c(c1)CCCC2. The van der Waals surface area contributed by atoms with Crippen molar-refractivity contribution in [2.75, 3.05) is 0 Å². The lowest BCUT2D eigenvalue weighted by Crippen LogP contribution is -2.21. The van der Waals surface area contributed by atoms with E-state index in [9.17, 15) is 0 Å². The predicted molar refractivity (Wildman–Crippen MR) is 65.8 cm³/mol. The van der Waals surface area contributed by atoms with Crippen LogP contribution in [-0.2, 0) is 12.8 Å². The maximum absolute atomic E-state index is 5.33. The fourth-order valence-corrected chi connectivity index (χ4v) is 1.94. The van der Waals surface area contributed by atoms with Crippen molar-refractivity contribution in [2.45, 2.75) is 25.7 Å². The monoisotopic (exact) mass is 225 g/mol. The normalized spacial score (nSPS) is 13.6. The number of fused-ring (bicyclic) bond motifs is 1. The lowest BCUT2D eigenvalue weighted by atomic mass is 9.91. The van der Waals surface area contributed by atoms with Gasteiger partial charge < -0.3 is 11.5 Å². The topological polar surface area (TPSA) is 64.4 Å². The Bertz CT molecular complexity index is 370. The van der Waals surface area contributed by atoms with Crippen LogP contribution in [0.5, 0.6) is 0 Å². The Morgan fingerprint density at radius 2 is 1.73 bits per heavy atom. The van der Waals surface area contributed by atoms with E-state index in [1.807, 2.05) is 6.07 Å². The van der Waals surface area contributed by atoms with Crippen molar-refractivity contribution in [3.05, 3.63) is 29.3 Å². The summed E-state index contributed by atoms with van der Waals surface area (Å²) in [5, 5.41) is 0. The maximum atomic E-state index is 5.33. The molecule has 1 aromatic rings. The van der Waals surface area contributed by atoms with E-state index in [4.69, 9.17) is 11.5 Å². The second-order valence-corrected chi connectivity index (χ2v) is 3.70. The van der Waals surface area contributed by atoms with E-state index in [0.717, 1.165) is 12.1 Å². The van der Waals surface area contributed by atoms with Gasteiger partial charge in [-0.25, -0.2) is 4.99 Å². The molecule has 82 valence electrons. The lowest BCUT2D eigenvalue weighted by Gasteiger charge is -2.15. The molecule has 0 heterocycles. The van der Waals surface area contributed by atoms with Crippen molar-refractivity contribution in [1.82, 2.24) is 0 Å². The summed E-state index contributed by atoms with van der Waals surface area (Å²) in [4.78, 5) is 4.04. The first-order valence-corrected chi connectivity index (χ1v) is 4.97. The van der Waals surface area contributed by atoms with Crippen LogP contribution in [0.3, 0.4) is 0 Å². The number of guanidine groups is 1. The molecule has 0 unspecified atom stereocenters. The van der Waals surface area contributed by atoms with Crippen molar-refractivity contribution in [3.8, 4) is 0 Å². The van der Waals surface area contributed by atoms with Gasteiger partial charge in [-0.1, -0.05) is 6.07 Å². The average Bonchev–Trinajstić information content (AvgIpc) is 2.17. The van der Waals surface area contributed by atoms with Crippen molar-refractivity contribution in [1.29, 1.82) is 0 Å². The average molecular weight is 226 g/mol. The summed E-state index contributed by atoms with van der Waals surface area (Å²) in [6.07, 6.45) is 4.92. The molecule has 0 saturated carbocycles. The third-order valence-electron chi connectivity index (χ3n) is 2.59. The van der Waals surface area contributed by atoms with E-state index in [-0.39, 0.29) is 18.4 Å². The summed E-state index contributed by atoms with van der Waals surface area (Å²) in [5.41, 5.74) is 14.4. The lowest BCUT2D eigenvalue weighted by molar-refractivity contribution is 0.686. The summed E-state index contributed by atoms with van der Waals surface area (Å²) in [5.74, 6) is 0.126. The van der Waals surface area contributed by atoms with Crippen LogP contribution in [-0.4, -0.2) is 5.96 Å². The summed E-state index contributed by atoms with van der Waals surface area (Å²) >= 11 is 0. The number of aryl methyl sites for hydroxylation is 2. The Labute approximate surface area is 96.0 Å². The van der Waals surface area contributed by atoms with Gasteiger partial charge in [0.1, 0.15) is 0 Å². The molecule has 0 fully saturated rings. The second kappa shape index (κ2) is 5.03. The number of aliphatic imine (C=N–C) groups is 1. The molecule has 0 amide bonds. The van der Waals surface area contributed by atoms with Crippen LogP contribution in [0, 0.1) is 0 Å². The molecule has 3 nitrogen and oxygen atoms in total. The zero-order valence-corrected chi connectivity index (χ0v) is 9.39. The van der Waals surface area contributed by atoms with Crippen molar-refractivity contribution < 1.29 is 0 Å². The number of benzene rings is 1. The Morgan fingerprint density at radius 3 is 2.40 bits per heavy atom. The largest absolute Gasteiger partial charge is 0.370 e. The van der Waals surface area contributed by atoms with E-state index in [1.54, 1.807) is 0 Å². The van der Waals surface area contributed by atoms with E-state index in [2.05, 4.69) is 17.1 Å². The zero-order valence-electron chi connectivity index (χ0n) is 8.57. The zero-order chi connectivity index (χ0) is 9.97. The molecule has 2 rings (SSSR count). The van der Waals surface area contributed by atoms with Gasteiger partial charge in [0.15, 0.2) is 5.96 Å². The molecule has 0 saturated heterocycles. The molecule has 0 aromatic heterocycles. The standard InChI is InChI=1S/C11H15N3.ClH/c12-11(13)14-10-6-5-8-3-1-2-4-9(8)7-10;/h5-7H,1-4H2,(H4,12,13,14);1H. The van der Waals surface area contributed by atoms with Gasteiger partial charge in [0, 0.05) is 0 Å². The third kappa shape index (κ3) is 2.86. The first-order valence-electron chi connectivity index (χ1n) is 4.97. The van der Waals surface area contributed by atoms with Gasteiger partial charge in [0.05, 0.1) is 5.69 Å².